The standard InChI is InChI=1S/C15H21N5O/c1-3-5-10-16-14-11-17-20-15(19-14)18-12-6-8-13(9-7-12)21-4-2/h6-9,11H,3-5,10H2,1-2H3,(H2,16,18,19,20). The van der Waals surface area contributed by atoms with Crippen molar-refractivity contribution in [1.29, 1.82) is 0 Å². The maximum Gasteiger partial charge on any atom is 0.249 e. The molecule has 2 N–H and O–H groups in total. The van der Waals surface area contributed by atoms with Crippen LogP contribution in [0.3, 0.4) is 0 Å². The van der Waals surface area contributed by atoms with E-state index in [0.29, 0.717) is 12.6 Å². The molecule has 2 rings (SSSR count). The maximum absolute atomic E-state index is 5.40. The molecule has 0 spiro atoms. The molecule has 0 fully saturated rings. The second kappa shape index (κ2) is 8.04. The molecule has 1 heterocycles. The molecule has 0 amide bonds. The lowest BCUT2D eigenvalue weighted by Gasteiger charge is -2.08. The number of rotatable bonds is 8. The Bertz CT molecular complexity index is 544. The van der Waals surface area contributed by atoms with Crippen LogP contribution in [0.25, 0.3) is 0 Å². The normalized spacial score (nSPS) is 10.2. The van der Waals surface area contributed by atoms with Gasteiger partial charge in [-0.3, -0.25) is 0 Å². The van der Waals surface area contributed by atoms with Crippen LogP contribution in [0.2, 0.25) is 0 Å². The summed E-state index contributed by atoms with van der Waals surface area (Å²) >= 11 is 0. The molecule has 21 heavy (non-hydrogen) atoms. The maximum atomic E-state index is 5.40. The van der Waals surface area contributed by atoms with Gasteiger partial charge in [-0.2, -0.15) is 10.1 Å². The van der Waals surface area contributed by atoms with Crippen LogP contribution in [0.5, 0.6) is 5.75 Å². The van der Waals surface area contributed by atoms with Gasteiger partial charge in [0.05, 0.1) is 12.8 Å². The minimum atomic E-state index is 0.473. The van der Waals surface area contributed by atoms with E-state index in [4.69, 9.17) is 4.74 Å². The van der Waals surface area contributed by atoms with Crippen molar-refractivity contribution in [3.63, 3.8) is 0 Å². The molecule has 0 atom stereocenters. The molecule has 0 aliphatic carbocycles. The van der Waals surface area contributed by atoms with Crippen LogP contribution in [-0.2, 0) is 0 Å². The summed E-state index contributed by atoms with van der Waals surface area (Å²) in [5.41, 5.74) is 0.894. The van der Waals surface area contributed by atoms with Crippen LogP contribution in [0.15, 0.2) is 30.5 Å². The lowest BCUT2D eigenvalue weighted by molar-refractivity contribution is 0.340. The van der Waals surface area contributed by atoms with E-state index in [1.54, 1.807) is 6.20 Å². The van der Waals surface area contributed by atoms with Crippen molar-refractivity contribution in [3.8, 4) is 5.75 Å². The monoisotopic (exact) mass is 287 g/mol. The highest BCUT2D eigenvalue weighted by Crippen LogP contribution is 2.18. The Hall–Kier alpha value is -2.37. The molecule has 1 aromatic carbocycles. The van der Waals surface area contributed by atoms with Gasteiger partial charge in [0, 0.05) is 12.2 Å². The number of hydrogen-bond donors (Lipinski definition) is 2. The summed E-state index contributed by atoms with van der Waals surface area (Å²) in [5, 5.41) is 14.3. The first-order chi connectivity index (χ1) is 10.3. The van der Waals surface area contributed by atoms with Crippen LogP contribution >= 0.6 is 0 Å². The zero-order chi connectivity index (χ0) is 14.9. The molecule has 0 aliphatic heterocycles. The van der Waals surface area contributed by atoms with E-state index in [0.717, 1.165) is 36.6 Å². The smallest absolute Gasteiger partial charge is 0.249 e. The van der Waals surface area contributed by atoms with Crippen LogP contribution < -0.4 is 15.4 Å². The molecule has 0 saturated carbocycles. The van der Waals surface area contributed by atoms with Crippen LogP contribution in [0.1, 0.15) is 26.7 Å². The van der Waals surface area contributed by atoms with Gasteiger partial charge in [-0.05, 0) is 37.6 Å². The Morgan fingerprint density at radius 1 is 1.14 bits per heavy atom. The fraction of sp³-hybridized carbons (Fsp3) is 0.400. The molecular formula is C15H21N5O. The van der Waals surface area contributed by atoms with E-state index in [-0.39, 0.29) is 0 Å². The SMILES string of the molecule is CCCCNc1cnnc(Nc2ccc(OCC)cc2)n1. The second-order valence-corrected chi connectivity index (χ2v) is 4.53. The number of aromatic nitrogens is 3. The van der Waals surface area contributed by atoms with Crippen molar-refractivity contribution in [3.05, 3.63) is 30.5 Å². The number of ether oxygens (including phenoxy) is 1. The van der Waals surface area contributed by atoms with Gasteiger partial charge in [-0.25, -0.2) is 0 Å². The molecule has 2 aromatic rings. The van der Waals surface area contributed by atoms with Crippen molar-refractivity contribution < 1.29 is 4.74 Å². The summed E-state index contributed by atoms with van der Waals surface area (Å²) in [5.74, 6) is 2.05. The molecule has 0 radical (unpaired) electrons. The van der Waals surface area contributed by atoms with Gasteiger partial charge in [-0.1, -0.05) is 13.3 Å². The van der Waals surface area contributed by atoms with Crippen molar-refractivity contribution in [1.82, 2.24) is 15.2 Å². The van der Waals surface area contributed by atoms with Gasteiger partial charge in [-0.15, -0.1) is 5.10 Å². The fourth-order valence-corrected chi connectivity index (χ4v) is 1.77. The Kier molecular flexibility index (Phi) is 5.75. The zero-order valence-electron chi connectivity index (χ0n) is 12.5. The predicted molar refractivity (Wildman–Crippen MR) is 84.1 cm³/mol. The summed E-state index contributed by atoms with van der Waals surface area (Å²) in [6, 6.07) is 7.66. The first-order valence-electron chi connectivity index (χ1n) is 7.25. The number of unbranched alkanes of at least 4 members (excludes halogenated alkanes) is 1. The third-order valence-electron chi connectivity index (χ3n) is 2.82. The average Bonchev–Trinajstić information content (AvgIpc) is 2.50. The number of nitrogens with one attached hydrogen (secondary N) is 2. The fourth-order valence-electron chi connectivity index (χ4n) is 1.77. The van der Waals surface area contributed by atoms with E-state index >= 15 is 0 Å². The Labute approximate surface area is 125 Å². The van der Waals surface area contributed by atoms with E-state index in [2.05, 4.69) is 32.7 Å². The van der Waals surface area contributed by atoms with Crippen molar-refractivity contribution in [2.75, 3.05) is 23.8 Å². The van der Waals surface area contributed by atoms with Crippen molar-refractivity contribution in [2.45, 2.75) is 26.7 Å². The number of anilines is 3. The van der Waals surface area contributed by atoms with Crippen LogP contribution in [-0.4, -0.2) is 28.3 Å². The highest BCUT2D eigenvalue weighted by Gasteiger charge is 2.01. The summed E-state index contributed by atoms with van der Waals surface area (Å²) in [7, 11) is 0. The minimum Gasteiger partial charge on any atom is -0.494 e. The summed E-state index contributed by atoms with van der Waals surface area (Å²) < 4.78 is 5.40. The predicted octanol–water partition coefficient (Wildman–Crippen LogP) is 3.23. The molecule has 112 valence electrons. The third kappa shape index (κ3) is 4.91. The molecule has 6 nitrogen and oxygen atoms in total. The molecule has 0 aliphatic rings. The van der Waals surface area contributed by atoms with Crippen LogP contribution in [0, 0.1) is 0 Å². The molecule has 6 heteroatoms. The number of hydrogen-bond acceptors (Lipinski definition) is 6. The van der Waals surface area contributed by atoms with E-state index < -0.39 is 0 Å². The zero-order valence-corrected chi connectivity index (χ0v) is 12.5. The van der Waals surface area contributed by atoms with Gasteiger partial charge in [0.2, 0.25) is 5.95 Å². The summed E-state index contributed by atoms with van der Waals surface area (Å²) in [4.78, 5) is 4.37. The summed E-state index contributed by atoms with van der Waals surface area (Å²) in [6.07, 6.45) is 3.87. The van der Waals surface area contributed by atoms with Crippen molar-refractivity contribution >= 4 is 17.5 Å². The highest BCUT2D eigenvalue weighted by molar-refractivity contribution is 5.55. The topological polar surface area (TPSA) is 72.0 Å². The van der Waals surface area contributed by atoms with Gasteiger partial charge >= 0.3 is 0 Å². The largest absolute Gasteiger partial charge is 0.494 e. The van der Waals surface area contributed by atoms with E-state index in [9.17, 15) is 0 Å². The average molecular weight is 287 g/mol. The second-order valence-electron chi connectivity index (χ2n) is 4.53. The third-order valence-corrected chi connectivity index (χ3v) is 2.82. The molecule has 0 unspecified atom stereocenters. The molecular weight excluding hydrogens is 266 g/mol. The minimum absolute atomic E-state index is 0.473. The van der Waals surface area contributed by atoms with Gasteiger partial charge in [0.1, 0.15) is 5.75 Å². The van der Waals surface area contributed by atoms with Crippen LogP contribution in [0.4, 0.5) is 17.5 Å². The molecule has 0 saturated heterocycles. The summed E-state index contributed by atoms with van der Waals surface area (Å²) in [6.45, 7) is 5.66. The lowest BCUT2D eigenvalue weighted by atomic mass is 10.3. The Morgan fingerprint density at radius 3 is 2.67 bits per heavy atom. The Morgan fingerprint density at radius 2 is 1.95 bits per heavy atom. The number of benzene rings is 1. The first kappa shape index (κ1) is 15.0. The Balaban J connectivity index is 1.96. The van der Waals surface area contributed by atoms with Crippen molar-refractivity contribution in [2.24, 2.45) is 0 Å². The number of nitrogens with zero attached hydrogens (tertiary/aromatic N) is 3. The quantitative estimate of drug-likeness (QED) is 0.726. The highest BCUT2D eigenvalue weighted by atomic mass is 16.5. The van der Waals surface area contributed by atoms with Gasteiger partial charge in [0.25, 0.3) is 0 Å². The van der Waals surface area contributed by atoms with E-state index in [1.165, 1.54) is 0 Å². The van der Waals surface area contributed by atoms with Gasteiger partial charge < -0.3 is 15.4 Å². The molecule has 0 bridgehead atoms. The lowest BCUT2D eigenvalue weighted by Crippen LogP contribution is -2.06. The van der Waals surface area contributed by atoms with E-state index in [1.807, 2.05) is 31.2 Å². The molecule has 1 aromatic heterocycles. The van der Waals surface area contributed by atoms with Gasteiger partial charge in [0.15, 0.2) is 5.82 Å². The first-order valence-corrected chi connectivity index (χ1v) is 7.25.